The molecule has 1 aliphatic rings. The third-order valence-electron chi connectivity index (χ3n) is 5.38. The van der Waals surface area contributed by atoms with E-state index >= 15 is 0 Å². The van der Waals surface area contributed by atoms with E-state index in [0.717, 1.165) is 6.42 Å². The van der Waals surface area contributed by atoms with Gasteiger partial charge in [0.25, 0.3) is 0 Å². The highest BCUT2D eigenvalue weighted by molar-refractivity contribution is 5.83. The molecule has 3 atom stereocenters. The molecule has 1 aromatic carbocycles. The summed E-state index contributed by atoms with van der Waals surface area (Å²) in [5.41, 5.74) is 3.80. The predicted octanol–water partition coefficient (Wildman–Crippen LogP) is 4.33. The van der Waals surface area contributed by atoms with Crippen molar-refractivity contribution in [1.29, 1.82) is 0 Å². The Morgan fingerprint density at radius 2 is 1.88 bits per heavy atom. The monoisotopic (exact) mass is 353 g/mol. The number of nitrogens with zero attached hydrogens (tertiary/aromatic N) is 2. The summed E-state index contributed by atoms with van der Waals surface area (Å²) in [4.78, 5) is 12.8. The highest BCUT2D eigenvalue weighted by Crippen LogP contribution is 2.47. The van der Waals surface area contributed by atoms with Crippen molar-refractivity contribution in [3.63, 3.8) is 0 Å². The van der Waals surface area contributed by atoms with E-state index < -0.39 is 0 Å². The zero-order chi connectivity index (χ0) is 19.1. The number of carbonyl (C=O) groups excluding carboxylic acids is 1. The van der Waals surface area contributed by atoms with Crippen molar-refractivity contribution in [2.24, 2.45) is 18.9 Å². The summed E-state index contributed by atoms with van der Waals surface area (Å²) >= 11 is 0. The fraction of sp³-hybridized carbons (Fsp3) is 0.545. The summed E-state index contributed by atoms with van der Waals surface area (Å²) in [6, 6.07) is 8.75. The second-order valence-electron chi connectivity index (χ2n) is 9.00. The van der Waals surface area contributed by atoms with Crippen molar-refractivity contribution in [2.45, 2.75) is 58.4 Å². The fourth-order valence-electron chi connectivity index (χ4n) is 3.57. The van der Waals surface area contributed by atoms with Crippen LogP contribution in [-0.4, -0.2) is 15.7 Å². The average molecular weight is 354 g/mol. The number of carbonyl (C=O) groups is 1. The maximum Gasteiger partial charge on any atom is 0.224 e. The predicted molar refractivity (Wildman–Crippen MR) is 105 cm³/mol. The van der Waals surface area contributed by atoms with Gasteiger partial charge in [0.2, 0.25) is 5.91 Å². The lowest BCUT2D eigenvalue weighted by atomic mass is 9.85. The van der Waals surface area contributed by atoms with Crippen molar-refractivity contribution in [3.8, 4) is 0 Å². The molecule has 3 rings (SSSR count). The summed E-state index contributed by atoms with van der Waals surface area (Å²) in [5.74, 6) is 0.904. The van der Waals surface area contributed by atoms with Crippen LogP contribution in [0.2, 0.25) is 0 Å². The lowest BCUT2D eigenvalue weighted by Gasteiger charge is -2.25. The summed E-state index contributed by atoms with van der Waals surface area (Å²) in [6.07, 6.45) is 4.82. The van der Waals surface area contributed by atoms with Gasteiger partial charge in [-0.15, -0.1) is 0 Å². The van der Waals surface area contributed by atoms with Gasteiger partial charge in [0, 0.05) is 19.2 Å². The van der Waals surface area contributed by atoms with Crippen LogP contribution in [0.3, 0.4) is 0 Å². The Kier molecular flexibility index (Phi) is 4.96. The third kappa shape index (κ3) is 4.00. The van der Waals surface area contributed by atoms with E-state index in [1.54, 1.807) is 4.68 Å². The molecule has 1 amide bonds. The van der Waals surface area contributed by atoms with Crippen LogP contribution in [-0.2, 0) is 17.3 Å². The van der Waals surface area contributed by atoms with Crippen LogP contribution in [0, 0.1) is 11.8 Å². The minimum absolute atomic E-state index is 0.0478. The number of hydrogen-bond acceptors (Lipinski definition) is 2. The van der Waals surface area contributed by atoms with E-state index in [4.69, 9.17) is 0 Å². The molecule has 4 nitrogen and oxygen atoms in total. The number of aromatic nitrogens is 2. The van der Waals surface area contributed by atoms with Crippen LogP contribution in [0.1, 0.15) is 69.7 Å². The Morgan fingerprint density at radius 3 is 2.38 bits per heavy atom. The molecule has 1 aliphatic carbocycles. The number of benzene rings is 1. The molecule has 0 spiro atoms. The molecule has 0 bridgehead atoms. The Balaban J connectivity index is 1.68. The Morgan fingerprint density at radius 1 is 1.23 bits per heavy atom. The Hall–Kier alpha value is -2.10. The molecule has 1 saturated carbocycles. The molecule has 26 heavy (non-hydrogen) atoms. The van der Waals surface area contributed by atoms with Gasteiger partial charge in [0.05, 0.1) is 12.2 Å². The van der Waals surface area contributed by atoms with Gasteiger partial charge < -0.3 is 5.32 Å². The van der Waals surface area contributed by atoms with Gasteiger partial charge >= 0.3 is 0 Å². The molecule has 0 aliphatic heterocycles. The fourth-order valence-corrected chi connectivity index (χ4v) is 3.57. The Bertz CT molecular complexity index is 767. The maximum absolute atomic E-state index is 12.8. The lowest BCUT2D eigenvalue weighted by Crippen LogP contribution is -2.33. The van der Waals surface area contributed by atoms with E-state index in [9.17, 15) is 4.79 Å². The topological polar surface area (TPSA) is 46.9 Å². The van der Waals surface area contributed by atoms with Crippen molar-refractivity contribution >= 4 is 5.91 Å². The van der Waals surface area contributed by atoms with Gasteiger partial charge in [-0.2, -0.15) is 5.10 Å². The van der Waals surface area contributed by atoms with Crippen LogP contribution in [0.25, 0.3) is 0 Å². The molecule has 1 heterocycles. The molecular weight excluding hydrogens is 322 g/mol. The first-order valence-electron chi connectivity index (χ1n) is 9.56. The molecule has 1 fully saturated rings. The molecule has 0 saturated heterocycles. The van der Waals surface area contributed by atoms with Gasteiger partial charge in [-0.1, -0.05) is 58.9 Å². The van der Waals surface area contributed by atoms with Crippen molar-refractivity contribution in [3.05, 3.63) is 53.3 Å². The number of rotatable bonds is 5. The largest absolute Gasteiger partial charge is 0.349 e. The highest BCUT2D eigenvalue weighted by atomic mass is 16.2. The summed E-state index contributed by atoms with van der Waals surface area (Å²) in [6.45, 7) is 11.0. The summed E-state index contributed by atoms with van der Waals surface area (Å²) in [7, 11) is 1.91. The van der Waals surface area contributed by atoms with Gasteiger partial charge in [-0.25, -0.2) is 0 Å². The van der Waals surface area contributed by atoms with E-state index in [-0.39, 0.29) is 23.3 Å². The molecule has 1 aromatic heterocycles. The molecule has 3 unspecified atom stereocenters. The van der Waals surface area contributed by atoms with E-state index in [1.165, 1.54) is 16.7 Å². The van der Waals surface area contributed by atoms with Gasteiger partial charge in [-0.05, 0) is 40.4 Å². The first-order chi connectivity index (χ1) is 12.2. The average Bonchev–Trinajstić information content (AvgIpc) is 3.26. The number of nitrogens with one attached hydrogen (secondary N) is 1. The van der Waals surface area contributed by atoms with Gasteiger partial charge in [-0.3, -0.25) is 9.48 Å². The van der Waals surface area contributed by atoms with Gasteiger partial charge in [0.1, 0.15) is 0 Å². The number of hydrogen-bond donors (Lipinski definition) is 1. The summed E-state index contributed by atoms with van der Waals surface area (Å²) < 4.78 is 1.80. The molecule has 0 radical (unpaired) electrons. The van der Waals surface area contributed by atoms with Crippen molar-refractivity contribution < 1.29 is 4.79 Å². The van der Waals surface area contributed by atoms with Crippen LogP contribution in [0.4, 0.5) is 0 Å². The number of aryl methyl sites for hydroxylation is 1. The van der Waals surface area contributed by atoms with Crippen LogP contribution < -0.4 is 5.32 Å². The van der Waals surface area contributed by atoms with Crippen LogP contribution in [0.5, 0.6) is 0 Å². The highest BCUT2D eigenvalue weighted by Gasteiger charge is 2.45. The second kappa shape index (κ2) is 6.90. The third-order valence-corrected chi connectivity index (χ3v) is 5.38. The lowest BCUT2D eigenvalue weighted by molar-refractivity contribution is -0.123. The zero-order valence-corrected chi connectivity index (χ0v) is 16.8. The van der Waals surface area contributed by atoms with E-state index in [2.05, 4.69) is 69.3 Å². The zero-order valence-electron chi connectivity index (χ0n) is 16.8. The molecular formula is C22H31N3O. The SMILES string of the molecule is CC(C)C(NC(=O)C1CC1c1cnn(C)c1)c1ccc(C(C)(C)C)cc1. The van der Waals surface area contributed by atoms with E-state index in [1.807, 2.05) is 19.4 Å². The summed E-state index contributed by atoms with van der Waals surface area (Å²) in [5, 5.41) is 7.51. The molecule has 2 aromatic rings. The maximum atomic E-state index is 12.8. The van der Waals surface area contributed by atoms with Crippen molar-refractivity contribution in [1.82, 2.24) is 15.1 Å². The van der Waals surface area contributed by atoms with Crippen molar-refractivity contribution in [2.75, 3.05) is 0 Å². The molecule has 4 heteroatoms. The minimum Gasteiger partial charge on any atom is -0.349 e. The first kappa shape index (κ1) is 18.7. The quantitative estimate of drug-likeness (QED) is 0.869. The minimum atomic E-state index is 0.0478. The first-order valence-corrected chi connectivity index (χ1v) is 9.56. The smallest absolute Gasteiger partial charge is 0.224 e. The van der Waals surface area contributed by atoms with E-state index in [0.29, 0.717) is 11.8 Å². The Labute approximate surface area is 157 Å². The molecule has 140 valence electrons. The van der Waals surface area contributed by atoms with Crippen LogP contribution >= 0.6 is 0 Å². The second-order valence-corrected chi connectivity index (χ2v) is 9.00. The number of amides is 1. The van der Waals surface area contributed by atoms with Crippen LogP contribution in [0.15, 0.2) is 36.7 Å². The standard InChI is InChI=1S/C22H31N3O/c1-14(2)20(15-7-9-17(10-8-15)22(3,4)5)24-21(26)19-11-18(19)16-12-23-25(6)13-16/h7-10,12-14,18-20H,11H2,1-6H3,(H,24,26). The van der Waals surface area contributed by atoms with Gasteiger partial charge in [0.15, 0.2) is 0 Å². The molecule has 1 N–H and O–H groups in total. The normalized spacial score (nSPS) is 20.9.